The maximum atomic E-state index is 14.7. The molecule has 2 fully saturated rings. The smallest absolute Gasteiger partial charge is 0.414 e. The number of rotatable bonds is 6. The standard InChI is InChI=1S/C23H25ClFN3O4/c1-15-14-27(9-11-31-15)20(21-18(24)3-2-4-19(21)25)13-26-22(29)16-5-7-17(8-6-16)28-10-12-32-23(28)30/h2-8,15,20H,9-14H2,1H3,(H,26,29)/t15-,20-/m0/s1. The third-order valence-corrected chi connectivity index (χ3v) is 6.03. The molecule has 170 valence electrons. The molecule has 7 nitrogen and oxygen atoms in total. The van der Waals surface area contributed by atoms with Gasteiger partial charge in [-0.25, -0.2) is 9.18 Å². The van der Waals surface area contributed by atoms with Crippen LogP contribution >= 0.6 is 11.6 Å². The zero-order valence-electron chi connectivity index (χ0n) is 17.7. The summed E-state index contributed by atoms with van der Waals surface area (Å²) in [6.07, 6.45) is -0.399. The predicted octanol–water partition coefficient (Wildman–Crippen LogP) is 3.63. The van der Waals surface area contributed by atoms with Gasteiger partial charge in [-0.05, 0) is 43.3 Å². The van der Waals surface area contributed by atoms with Gasteiger partial charge in [0, 0.05) is 41.5 Å². The number of amides is 2. The summed E-state index contributed by atoms with van der Waals surface area (Å²) in [7, 11) is 0. The molecule has 2 aromatic carbocycles. The normalized spacial score (nSPS) is 20.2. The molecule has 9 heteroatoms. The number of hydrogen-bond donors (Lipinski definition) is 1. The van der Waals surface area contributed by atoms with E-state index in [1.807, 2.05) is 6.92 Å². The van der Waals surface area contributed by atoms with Crippen LogP contribution in [0.15, 0.2) is 42.5 Å². The fourth-order valence-corrected chi connectivity index (χ4v) is 4.37. The van der Waals surface area contributed by atoms with Crippen LogP contribution in [0.25, 0.3) is 0 Å². The summed E-state index contributed by atoms with van der Waals surface area (Å²) in [5.74, 6) is -0.697. The maximum Gasteiger partial charge on any atom is 0.414 e. The highest BCUT2D eigenvalue weighted by Gasteiger charge is 2.30. The van der Waals surface area contributed by atoms with E-state index in [4.69, 9.17) is 21.1 Å². The second-order valence-electron chi connectivity index (χ2n) is 7.85. The largest absolute Gasteiger partial charge is 0.447 e. The van der Waals surface area contributed by atoms with Crippen molar-refractivity contribution in [2.75, 3.05) is 44.3 Å². The highest BCUT2D eigenvalue weighted by molar-refractivity contribution is 6.31. The molecule has 2 aliphatic heterocycles. The number of halogens is 2. The van der Waals surface area contributed by atoms with Gasteiger partial charge >= 0.3 is 6.09 Å². The van der Waals surface area contributed by atoms with Gasteiger partial charge in [0.1, 0.15) is 12.4 Å². The number of benzene rings is 2. The Morgan fingerprint density at radius 2 is 2.00 bits per heavy atom. The van der Waals surface area contributed by atoms with Crippen LogP contribution in [-0.4, -0.2) is 62.4 Å². The molecule has 2 heterocycles. The first-order valence-corrected chi connectivity index (χ1v) is 10.9. The highest BCUT2D eigenvalue weighted by atomic mass is 35.5. The molecule has 2 atom stereocenters. The summed E-state index contributed by atoms with van der Waals surface area (Å²) in [6, 6.07) is 10.9. The quantitative estimate of drug-likeness (QED) is 0.711. The van der Waals surface area contributed by atoms with Crippen LogP contribution in [0, 0.1) is 5.82 Å². The van der Waals surface area contributed by atoms with Crippen LogP contribution in [0.1, 0.15) is 28.9 Å². The van der Waals surface area contributed by atoms with E-state index in [0.29, 0.717) is 54.7 Å². The van der Waals surface area contributed by atoms with Gasteiger partial charge in [-0.15, -0.1) is 0 Å². The first-order valence-electron chi connectivity index (χ1n) is 10.6. The van der Waals surface area contributed by atoms with Crippen LogP contribution < -0.4 is 10.2 Å². The minimum Gasteiger partial charge on any atom is -0.447 e. The van der Waals surface area contributed by atoms with Gasteiger partial charge < -0.3 is 14.8 Å². The van der Waals surface area contributed by atoms with Crippen LogP contribution in [0.3, 0.4) is 0 Å². The van der Waals surface area contributed by atoms with Crippen LogP contribution in [0.5, 0.6) is 0 Å². The molecule has 0 aromatic heterocycles. The monoisotopic (exact) mass is 461 g/mol. The van der Waals surface area contributed by atoms with Crippen LogP contribution in [-0.2, 0) is 9.47 Å². The van der Waals surface area contributed by atoms with Gasteiger partial charge in [-0.2, -0.15) is 0 Å². The summed E-state index contributed by atoms with van der Waals surface area (Å²) < 4.78 is 25.3. The van der Waals surface area contributed by atoms with Gasteiger partial charge in [-0.1, -0.05) is 17.7 Å². The molecule has 32 heavy (non-hydrogen) atoms. The molecule has 2 aliphatic rings. The van der Waals surface area contributed by atoms with E-state index in [0.717, 1.165) is 0 Å². The van der Waals surface area contributed by atoms with Crippen molar-refractivity contribution in [2.24, 2.45) is 0 Å². The van der Waals surface area contributed by atoms with Crippen molar-refractivity contribution < 1.29 is 23.5 Å². The van der Waals surface area contributed by atoms with E-state index in [2.05, 4.69) is 10.2 Å². The SMILES string of the molecule is C[C@H]1CN([C@@H](CNC(=O)c2ccc(N3CCOC3=O)cc2)c2c(F)cccc2Cl)CCO1. The molecule has 2 amide bonds. The van der Waals surface area contributed by atoms with E-state index >= 15 is 0 Å². The number of anilines is 1. The second kappa shape index (κ2) is 9.85. The number of carbonyl (C=O) groups is 2. The molecule has 0 spiro atoms. The minimum atomic E-state index is -0.433. The van der Waals surface area contributed by atoms with E-state index in [9.17, 15) is 14.0 Å². The van der Waals surface area contributed by atoms with Gasteiger partial charge in [0.15, 0.2) is 0 Å². The van der Waals surface area contributed by atoms with Crippen molar-refractivity contribution in [3.05, 3.63) is 64.4 Å². The number of carbonyl (C=O) groups excluding carboxylic acids is 2. The lowest BCUT2D eigenvalue weighted by atomic mass is 10.0. The van der Waals surface area contributed by atoms with Crippen molar-refractivity contribution in [1.82, 2.24) is 10.2 Å². The molecule has 4 rings (SSSR count). The molecule has 2 saturated heterocycles. The molecule has 1 N–H and O–H groups in total. The van der Waals surface area contributed by atoms with E-state index in [1.165, 1.54) is 11.0 Å². The van der Waals surface area contributed by atoms with Crippen LogP contribution in [0.2, 0.25) is 5.02 Å². The number of nitrogens with one attached hydrogen (secondary N) is 1. The first-order chi connectivity index (χ1) is 15.4. The van der Waals surface area contributed by atoms with Gasteiger partial charge in [0.05, 0.1) is 25.3 Å². The number of morpholine rings is 1. The lowest BCUT2D eigenvalue weighted by molar-refractivity contribution is -0.0346. The molecular weight excluding hydrogens is 437 g/mol. The van der Waals surface area contributed by atoms with Crippen molar-refractivity contribution in [2.45, 2.75) is 19.1 Å². The molecule has 0 radical (unpaired) electrons. The lowest BCUT2D eigenvalue weighted by Gasteiger charge is -2.38. The third kappa shape index (κ3) is 4.87. The summed E-state index contributed by atoms with van der Waals surface area (Å²) in [5.41, 5.74) is 1.48. The van der Waals surface area contributed by atoms with Crippen molar-refractivity contribution >= 4 is 29.3 Å². The van der Waals surface area contributed by atoms with Gasteiger partial charge in [0.25, 0.3) is 5.91 Å². The summed E-state index contributed by atoms with van der Waals surface area (Å²) >= 11 is 6.35. The Labute approximate surface area is 191 Å². The van der Waals surface area contributed by atoms with Crippen molar-refractivity contribution in [3.63, 3.8) is 0 Å². The van der Waals surface area contributed by atoms with Crippen molar-refractivity contribution in [3.8, 4) is 0 Å². The molecule has 2 aromatic rings. The fraction of sp³-hybridized carbons (Fsp3) is 0.391. The third-order valence-electron chi connectivity index (χ3n) is 5.70. The Bertz CT molecular complexity index is 967. The zero-order chi connectivity index (χ0) is 22.7. The summed E-state index contributed by atoms with van der Waals surface area (Å²) in [6.45, 7) is 4.71. The number of hydrogen-bond acceptors (Lipinski definition) is 5. The maximum absolute atomic E-state index is 14.7. The Morgan fingerprint density at radius 3 is 2.66 bits per heavy atom. The number of cyclic esters (lactones) is 1. The Kier molecular flexibility index (Phi) is 6.93. The minimum absolute atomic E-state index is 0.00248. The van der Waals surface area contributed by atoms with Gasteiger partial charge in [-0.3, -0.25) is 14.6 Å². The van der Waals surface area contributed by atoms with Crippen molar-refractivity contribution in [1.29, 1.82) is 0 Å². The fourth-order valence-electron chi connectivity index (χ4n) is 4.08. The average molecular weight is 462 g/mol. The molecular formula is C23H25ClFN3O4. The van der Waals surface area contributed by atoms with Crippen LogP contribution in [0.4, 0.5) is 14.9 Å². The molecule has 0 aliphatic carbocycles. The molecule has 0 unspecified atom stereocenters. The van der Waals surface area contributed by atoms with E-state index in [-0.39, 0.29) is 18.6 Å². The number of nitrogens with zero attached hydrogens (tertiary/aromatic N) is 2. The van der Waals surface area contributed by atoms with E-state index < -0.39 is 18.0 Å². The van der Waals surface area contributed by atoms with Gasteiger partial charge in [0.2, 0.25) is 0 Å². The number of ether oxygens (including phenoxy) is 2. The predicted molar refractivity (Wildman–Crippen MR) is 119 cm³/mol. The topological polar surface area (TPSA) is 71.1 Å². The zero-order valence-corrected chi connectivity index (χ0v) is 18.5. The Balaban J connectivity index is 1.49. The Morgan fingerprint density at radius 1 is 1.22 bits per heavy atom. The summed E-state index contributed by atoms with van der Waals surface area (Å²) in [4.78, 5) is 28.1. The highest BCUT2D eigenvalue weighted by Crippen LogP contribution is 2.31. The Hall–Kier alpha value is -2.68. The molecule has 0 bridgehead atoms. The average Bonchev–Trinajstić information content (AvgIpc) is 3.21. The van der Waals surface area contributed by atoms with E-state index in [1.54, 1.807) is 36.4 Å². The molecule has 0 saturated carbocycles. The first kappa shape index (κ1) is 22.5. The lowest BCUT2D eigenvalue weighted by Crippen LogP contribution is -2.47. The summed E-state index contributed by atoms with van der Waals surface area (Å²) in [5, 5.41) is 3.23. The second-order valence-corrected chi connectivity index (χ2v) is 8.26.